The smallest absolute Gasteiger partial charge is 0.292 e. The Bertz CT molecular complexity index is 409. The number of imide groups is 1. The monoisotopic (exact) mass is 236 g/mol. The first kappa shape index (κ1) is 11.6. The van der Waals surface area contributed by atoms with Gasteiger partial charge in [0.05, 0.1) is 5.97 Å². The van der Waals surface area contributed by atoms with E-state index in [9.17, 15) is 27.9 Å². The predicted molar refractivity (Wildman–Crippen MR) is 41.4 cm³/mol. The molecule has 0 radical (unpaired) electrons. The normalized spacial score (nSPS) is 19.4. The molecule has 84 valence electrons. The van der Waals surface area contributed by atoms with Crippen LogP contribution in [-0.4, -0.2) is 41.0 Å². The third kappa shape index (κ3) is 2.13. The zero-order valence-corrected chi connectivity index (χ0v) is 8.06. The summed E-state index contributed by atoms with van der Waals surface area (Å²) in [6.45, 7) is 0. The van der Waals surface area contributed by atoms with E-state index in [1.807, 2.05) is 0 Å². The van der Waals surface area contributed by atoms with Crippen molar-refractivity contribution in [3.63, 3.8) is 0 Å². The largest absolute Gasteiger partial charge is 0.547 e. The van der Waals surface area contributed by atoms with E-state index in [0.29, 0.717) is 0 Å². The summed E-state index contributed by atoms with van der Waals surface area (Å²) in [6.07, 6.45) is -0.559. The summed E-state index contributed by atoms with van der Waals surface area (Å²) in [5.74, 6) is -4.15. The fourth-order valence-electron chi connectivity index (χ4n) is 1.22. The lowest BCUT2D eigenvalue weighted by molar-refractivity contribution is -0.307. The molecule has 0 aliphatic carbocycles. The van der Waals surface area contributed by atoms with Crippen LogP contribution in [-0.2, 0) is 24.5 Å². The van der Waals surface area contributed by atoms with Crippen molar-refractivity contribution in [2.75, 3.05) is 0 Å². The molecule has 1 fully saturated rings. The van der Waals surface area contributed by atoms with Gasteiger partial charge in [-0.25, -0.2) is 0 Å². The molecule has 0 aromatic rings. The van der Waals surface area contributed by atoms with Crippen LogP contribution >= 0.6 is 0 Å². The van der Waals surface area contributed by atoms with Gasteiger partial charge in [0.25, 0.3) is 10.1 Å². The Labute approximate surface area is 84.2 Å². The van der Waals surface area contributed by atoms with Crippen LogP contribution in [0.4, 0.5) is 0 Å². The Morgan fingerprint density at radius 3 is 2.00 bits per heavy atom. The van der Waals surface area contributed by atoms with E-state index < -0.39 is 33.3 Å². The van der Waals surface area contributed by atoms with E-state index in [4.69, 9.17) is 4.55 Å². The summed E-state index contributed by atoms with van der Waals surface area (Å²) in [6, 6.07) is 0. The number of hydrogen-bond acceptors (Lipinski definition) is 6. The first-order chi connectivity index (χ1) is 6.75. The molecule has 0 bridgehead atoms. The molecule has 15 heavy (non-hydrogen) atoms. The number of amides is 2. The average molecular weight is 236 g/mol. The van der Waals surface area contributed by atoms with E-state index in [-0.39, 0.29) is 17.7 Å². The molecule has 0 saturated carbocycles. The molecule has 1 saturated heterocycles. The highest BCUT2D eigenvalue weighted by atomic mass is 32.2. The SMILES string of the molecule is O=C([O-])C(N1C(=O)CCC1=O)S(=O)(=O)O. The minimum Gasteiger partial charge on any atom is -0.547 e. The van der Waals surface area contributed by atoms with E-state index in [1.165, 1.54) is 0 Å². The maximum absolute atomic E-state index is 11.0. The van der Waals surface area contributed by atoms with Crippen LogP contribution in [0.5, 0.6) is 0 Å². The molecular formula is C6H6NO7S-. The lowest BCUT2D eigenvalue weighted by atomic mass is 10.4. The highest BCUT2D eigenvalue weighted by Gasteiger charge is 2.42. The molecule has 1 N–H and O–H groups in total. The molecule has 1 heterocycles. The molecule has 1 atom stereocenters. The Morgan fingerprint density at radius 1 is 1.33 bits per heavy atom. The highest BCUT2D eigenvalue weighted by Crippen LogP contribution is 2.17. The van der Waals surface area contributed by atoms with Gasteiger partial charge in [0, 0.05) is 12.8 Å². The second-order valence-corrected chi connectivity index (χ2v) is 4.32. The van der Waals surface area contributed by atoms with Crippen LogP contribution in [0.1, 0.15) is 12.8 Å². The first-order valence-electron chi connectivity index (χ1n) is 3.77. The minimum absolute atomic E-state index is 0.00926. The van der Waals surface area contributed by atoms with Gasteiger partial charge in [-0.2, -0.15) is 8.42 Å². The fourth-order valence-corrected chi connectivity index (χ4v) is 1.96. The zero-order chi connectivity index (χ0) is 11.8. The second-order valence-electron chi connectivity index (χ2n) is 2.84. The van der Waals surface area contributed by atoms with Gasteiger partial charge in [-0.1, -0.05) is 0 Å². The molecule has 1 aliphatic heterocycles. The summed E-state index contributed by atoms with van der Waals surface area (Å²) < 4.78 is 29.8. The Morgan fingerprint density at radius 2 is 1.73 bits per heavy atom. The van der Waals surface area contributed by atoms with Gasteiger partial charge in [0.1, 0.15) is 0 Å². The molecule has 1 rings (SSSR count). The van der Waals surface area contributed by atoms with Gasteiger partial charge in [-0.3, -0.25) is 19.0 Å². The molecule has 8 nitrogen and oxygen atoms in total. The van der Waals surface area contributed by atoms with Crippen molar-refractivity contribution in [1.82, 2.24) is 4.90 Å². The van der Waals surface area contributed by atoms with E-state index in [2.05, 4.69) is 0 Å². The van der Waals surface area contributed by atoms with Gasteiger partial charge < -0.3 is 9.90 Å². The molecule has 2 amide bonds. The van der Waals surface area contributed by atoms with Gasteiger partial charge >= 0.3 is 0 Å². The molecule has 0 aromatic carbocycles. The average Bonchev–Trinajstić information content (AvgIpc) is 2.32. The standard InChI is InChI=1S/C6H7NO7S/c8-3-1-2-4(9)7(3)5(6(10)11)15(12,13)14/h5H,1-2H2,(H,10,11)(H,12,13,14)/p-1. The van der Waals surface area contributed by atoms with Crippen LogP contribution in [0.3, 0.4) is 0 Å². The predicted octanol–water partition coefficient (Wildman–Crippen LogP) is -2.90. The number of rotatable bonds is 3. The van der Waals surface area contributed by atoms with E-state index in [1.54, 1.807) is 0 Å². The van der Waals surface area contributed by atoms with Crippen molar-refractivity contribution < 1.29 is 32.5 Å². The van der Waals surface area contributed by atoms with E-state index in [0.717, 1.165) is 0 Å². The van der Waals surface area contributed by atoms with Crippen LogP contribution in [0.25, 0.3) is 0 Å². The third-order valence-corrected chi connectivity index (χ3v) is 2.78. The molecule has 9 heteroatoms. The number of hydrogen-bond donors (Lipinski definition) is 1. The topological polar surface area (TPSA) is 132 Å². The van der Waals surface area contributed by atoms with Crippen molar-refractivity contribution in [1.29, 1.82) is 0 Å². The maximum Gasteiger partial charge on any atom is 0.292 e. The number of nitrogens with zero attached hydrogens (tertiary/aromatic N) is 1. The number of carbonyl (C=O) groups is 3. The van der Waals surface area contributed by atoms with Crippen molar-refractivity contribution in [3.8, 4) is 0 Å². The Kier molecular flexibility index (Phi) is 2.77. The van der Waals surface area contributed by atoms with Crippen LogP contribution < -0.4 is 5.11 Å². The van der Waals surface area contributed by atoms with Gasteiger partial charge in [0.2, 0.25) is 17.2 Å². The van der Waals surface area contributed by atoms with Gasteiger partial charge in [0.15, 0.2) is 0 Å². The van der Waals surface area contributed by atoms with Crippen LogP contribution in [0, 0.1) is 0 Å². The number of likely N-dealkylation sites (tertiary alicyclic amines) is 1. The third-order valence-electron chi connectivity index (χ3n) is 1.81. The maximum atomic E-state index is 11.0. The van der Waals surface area contributed by atoms with Gasteiger partial charge in [-0.05, 0) is 0 Å². The van der Waals surface area contributed by atoms with Crippen molar-refractivity contribution in [2.45, 2.75) is 18.2 Å². The van der Waals surface area contributed by atoms with Crippen molar-refractivity contribution >= 4 is 27.9 Å². The Balaban J connectivity index is 3.16. The summed E-state index contributed by atoms with van der Waals surface area (Å²) in [7, 11) is -5.09. The fraction of sp³-hybridized carbons (Fsp3) is 0.500. The summed E-state index contributed by atoms with van der Waals surface area (Å²) in [4.78, 5) is 32.5. The number of carboxylic acids is 1. The first-order valence-corrected chi connectivity index (χ1v) is 5.27. The number of carbonyl (C=O) groups excluding carboxylic acids is 3. The lowest BCUT2D eigenvalue weighted by Crippen LogP contribution is -2.54. The Hall–Kier alpha value is -1.48. The minimum atomic E-state index is -5.09. The van der Waals surface area contributed by atoms with E-state index >= 15 is 0 Å². The second kappa shape index (κ2) is 3.59. The molecular weight excluding hydrogens is 230 g/mol. The zero-order valence-electron chi connectivity index (χ0n) is 7.24. The summed E-state index contributed by atoms with van der Waals surface area (Å²) >= 11 is 0. The van der Waals surface area contributed by atoms with Crippen molar-refractivity contribution in [3.05, 3.63) is 0 Å². The number of aliphatic carboxylic acids is 1. The molecule has 1 unspecified atom stereocenters. The molecule has 0 spiro atoms. The quantitative estimate of drug-likeness (QED) is 0.410. The summed E-state index contributed by atoms with van der Waals surface area (Å²) in [5, 5.41) is 7.78. The molecule has 0 aromatic heterocycles. The lowest BCUT2D eigenvalue weighted by Gasteiger charge is -2.23. The van der Waals surface area contributed by atoms with Crippen LogP contribution in [0.2, 0.25) is 0 Å². The molecule has 1 aliphatic rings. The van der Waals surface area contributed by atoms with Crippen LogP contribution in [0.15, 0.2) is 0 Å². The number of carboxylic acid groups (broad SMARTS) is 1. The summed E-state index contributed by atoms with van der Waals surface area (Å²) in [5.41, 5.74) is 0. The van der Waals surface area contributed by atoms with Gasteiger partial charge in [-0.15, -0.1) is 0 Å². The van der Waals surface area contributed by atoms with Crippen molar-refractivity contribution in [2.24, 2.45) is 0 Å². The highest BCUT2D eigenvalue weighted by molar-refractivity contribution is 7.87.